The van der Waals surface area contributed by atoms with Gasteiger partial charge < -0.3 is 0 Å². The lowest BCUT2D eigenvalue weighted by Crippen LogP contribution is -2.47. The van der Waals surface area contributed by atoms with Crippen molar-refractivity contribution < 1.29 is 13.8 Å². The number of nitrogens with zero attached hydrogens (tertiary/aromatic N) is 3. The molecule has 1 aromatic heterocycles. The van der Waals surface area contributed by atoms with Crippen LogP contribution in [0.1, 0.15) is 19.3 Å². The van der Waals surface area contributed by atoms with Gasteiger partial charge in [0.05, 0.1) is 11.9 Å². The minimum atomic E-state index is -1.38. The number of urea groups is 1. The highest BCUT2D eigenvalue weighted by Gasteiger charge is 2.33. The summed E-state index contributed by atoms with van der Waals surface area (Å²) in [5.41, 5.74) is 0.414. The van der Waals surface area contributed by atoms with Crippen LogP contribution in [-0.2, 0) is 0 Å². The van der Waals surface area contributed by atoms with Crippen molar-refractivity contribution in [2.45, 2.75) is 25.3 Å². The molecule has 0 bridgehead atoms. The normalized spacial score (nSPS) is 15.4. The van der Waals surface area contributed by atoms with Crippen molar-refractivity contribution in [1.29, 1.82) is 0 Å². The van der Waals surface area contributed by atoms with Gasteiger partial charge in [-0.25, -0.2) is 4.79 Å². The van der Waals surface area contributed by atoms with Crippen molar-refractivity contribution in [2.75, 3.05) is 4.90 Å². The number of anilines is 1. The van der Waals surface area contributed by atoms with Crippen molar-refractivity contribution in [3.05, 3.63) is 24.5 Å². The van der Waals surface area contributed by atoms with Crippen molar-refractivity contribution in [1.82, 2.24) is 10.3 Å². The van der Waals surface area contributed by atoms with Gasteiger partial charge in [-0.1, -0.05) is 8.96 Å². The van der Waals surface area contributed by atoms with Gasteiger partial charge in [-0.05, 0) is 31.4 Å². The van der Waals surface area contributed by atoms with E-state index in [1.54, 1.807) is 12.1 Å². The van der Waals surface area contributed by atoms with Crippen LogP contribution in [-0.4, -0.2) is 22.4 Å². The minimum Gasteiger partial charge on any atom is -0.286 e. The summed E-state index contributed by atoms with van der Waals surface area (Å²) in [6.45, 7) is 0. The molecule has 86 valence electrons. The van der Waals surface area contributed by atoms with Gasteiger partial charge in [-0.2, -0.15) is 0 Å². The largest absolute Gasteiger partial charge is 0.383 e. The molecule has 0 saturated heterocycles. The first kappa shape index (κ1) is 10.8. The average Bonchev–Trinajstić information content (AvgIpc) is 2.23. The van der Waals surface area contributed by atoms with Crippen LogP contribution in [0, 0.1) is 0 Å². The van der Waals surface area contributed by atoms with E-state index in [1.165, 1.54) is 12.4 Å². The lowest BCUT2D eigenvalue weighted by molar-refractivity contribution is -0.0971. The second kappa shape index (κ2) is 4.42. The smallest absolute Gasteiger partial charge is 0.286 e. The third kappa shape index (κ3) is 1.95. The van der Waals surface area contributed by atoms with Gasteiger partial charge in [0.15, 0.2) is 0 Å². The lowest BCUT2D eigenvalue weighted by Gasteiger charge is -2.36. The summed E-state index contributed by atoms with van der Waals surface area (Å²) in [6.07, 6.45) is 5.44. The van der Waals surface area contributed by atoms with Crippen LogP contribution in [0.25, 0.3) is 0 Å². The van der Waals surface area contributed by atoms with E-state index in [-0.39, 0.29) is 6.04 Å². The fraction of sp³-hybridized carbons (Fsp3) is 0.400. The highest BCUT2D eigenvalue weighted by atomic mass is 19.4. The van der Waals surface area contributed by atoms with Crippen molar-refractivity contribution in [3.63, 3.8) is 0 Å². The van der Waals surface area contributed by atoms with Gasteiger partial charge in [0.25, 0.3) is 0 Å². The van der Waals surface area contributed by atoms with Crippen molar-refractivity contribution in [3.8, 4) is 0 Å². The Labute approximate surface area is 91.4 Å². The molecule has 0 N–H and O–H groups in total. The topological polar surface area (TPSA) is 36.4 Å². The molecule has 16 heavy (non-hydrogen) atoms. The molecule has 0 aromatic carbocycles. The number of halogens is 2. The molecule has 1 aliphatic carbocycles. The number of carbonyl (C=O) groups excluding carboxylic acids is 1. The highest BCUT2D eigenvalue weighted by Crippen LogP contribution is 2.30. The van der Waals surface area contributed by atoms with E-state index in [9.17, 15) is 13.8 Å². The number of amides is 2. The maximum absolute atomic E-state index is 12.3. The highest BCUT2D eigenvalue weighted by molar-refractivity contribution is 5.91. The third-order valence-corrected chi connectivity index (χ3v) is 2.71. The molecule has 0 spiro atoms. The van der Waals surface area contributed by atoms with E-state index < -0.39 is 11.4 Å². The summed E-state index contributed by atoms with van der Waals surface area (Å²) < 4.78 is 24.6. The quantitative estimate of drug-likeness (QED) is 0.728. The molecule has 0 aliphatic heterocycles. The zero-order valence-electron chi connectivity index (χ0n) is 8.51. The van der Waals surface area contributed by atoms with E-state index in [1.807, 2.05) is 0 Å². The van der Waals surface area contributed by atoms with Crippen LogP contribution >= 0.6 is 0 Å². The zero-order chi connectivity index (χ0) is 11.5. The molecule has 2 amide bonds. The van der Waals surface area contributed by atoms with Gasteiger partial charge in [0.1, 0.15) is 0 Å². The van der Waals surface area contributed by atoms with E-state index >= 15 is 0 Å². The van der Waals surface area contributed by atoms with Crippen LogP contribution < -0.4 is 4.90 Å². The Kier molecular flexibility index (Phi) is 2.98. The molecule has 6 heteroatoms. The number of carbonyl (C=O) groups is 1. The van der Waals surface area contributed by atoms with E-state index in [4.69, 9.17) is 0 Å². The molecule has 0 atom stereocenters. The summed E-state index contributed by atoms with van der Waals surface area (Å²) in [4.78, 5) is 16.3. The number of pyridine rings is 1. The number of hydrogen-bond acceptors (Lipinski definition) is 2. The summed E-state index contributed by atoms with van der Waals surface area (Å²) >= 11 is 0. The SMILES string of the molecule is O=C(N(F)F)N(c1cccnc1)C1CCC1. The lowest BCUT2D eigenvalue weighted by atomic mass is 9.91. The van der Waals surface area contributed by atoms with E-state index in [0.717, 1.165) is 24.2 Å². The first-order chi connectivity index (χ1) is 7.70. The number of hydrogen-bond donors (Lipinski definition) is 0. The molecular formula is C10H11F2N3O. The molecule has 1 fully saturated rings. The average molecular weight is 227 g/mol. The number of rotatable bonds is 2. The fourth-order valence-corrected chi connectivity index (χ4v) is 1.70. The molecule has 2 rings (SSSR count). The fourth-order valence-electron chi connectivity index (χ4n) is 1.70. The Balaban J connectivity index is 2.24. The van der Waals surface area contributed by atoms with Crippen LogP contribution in [0.4, 0.5) is 19.4 Å². The van der Waals surface area contributed by atoms with Crippen LogP contribution in [0.3, 0.4) is 0 Å². The molecule has 0 unspecified atom stereocenters. The van der Waals surface area contributed by atoms with Crippen LogP contribution in [0.5, 0.6) is 0 Å². The minimum absolute atomic E-state index is 0.134. The molecule has 1 heterocycles. The zero-order valence-corrected chi connectivity index (χ0v) is 8.51. The Morgan fingerprint density at radius 2 is 2.19 bits per heavy atom. The molecule has 0 radical (unpaired) electrons. The second-order valence-electron chi connectivity index (χ2n) is 3.68. The summed E-state index contributed by atoms with van der Waals surface area (Å²) in [5.74, 6) is 0. The predicted molar refractivity (Wildman–Crippen MR) is 53.8 cm³/mol. The van der Waals surface area contributed by atoms with Gasteiger partial charge in [0, 0.05) is 17.6 Å². The summed E-state index contributed by atoms with van der Waals surface area (Å²) in [5, 5.41) is -1.38. The Morgan fingerprint density at radius 1 is 1.44 bits per heavy atom. The van der Waals surface area contributed by atoms with E-state index in [0.29, 0.717) is 5.69 Å². The standard InChI is InChI=1S/C10H11F2N3O/c11-15(12)10(16)14(8-3-1-4-8)9-5-2-6-13-7-9/h2,5-8H,1,3-4H2. The van der Waals surface area contributed by atoms with Gasteiger partial charge in [-0.15, -0.1) is 0 Å². The maximum atomic E-state index is 12.3. The Hall–Kier alpha value is -1.72. The molecule has 1 saturated carbocycles. The Morgan fingerprint density at radius 3 is 2.62 bits per heavy atom. The van der Waals surface area contributed by atoms with Gasteiger partial charge >= 0.3 is 6.03 Å². The molecular weight excluding hydrogens is 216 g/mol. The van der Waals surface area contributed by atoms with Gasteiger partial charge in [0.2, 0.25) is 0 Å². The maximum Gasteiger partial charge on any atom is 0.383 e. The van der Waals surface area contributed by atoms with Crippen molar-refractivity contribution in [2.24, 2.45) is 0 Å². The third-order valence-electron chi connectivity index (χ3n) is 2.71. The number of aromatic nitrogens is 1. The first-order valence-corrected chi connectivity index (χ1v) is 5.05. The predicted octanol–water partition coefficient (Wildman–Crippen LogP) is 2.63. The molecule has 1 aliphatic rings. The van der Waals surface area contributed by atoms with Crippen molar-refractivity contribution >= 4 is 11.7 Å². The first-order valence-electron chi connectivity index (χ1n) is 5.05. The molecule has 4 nitrogen and oxygen atoms in total. The van der Waals surface area contributed by atoms with Crippen LogP contribution in [0.15, 0.2) is 24.5 Å². The van der Waals surface area contributed by atoms with Gasteiger partial charge in [-0.3, -0.25) is 9.88 Å². The van der Waals surface area contributed by atoms with Crippen LogP contribution in [0.2, 0.25) is 0 Å². The second-order valence-corrected chi connectivity index (χ2v) is 3.68. The summed E-state index contributed by atoms with van der Waals surface area (Å²) in [7, 11) is 0. The van der Waals surface area contributed by atoms with E-state index in [2.05, 4.69) is 4.98 Å². The monoisotopic (exact) mass is 227 g/mol. The molecule has 1 aromatic rings. The summed E-state index contributed by atoms with van der Waals surface area (Å²) in [6, 6.07) is 1.80. The Bertz CT molecular complexity index is 368.